The Bertz CT molecular complexity index is 664. The average Bonchev–Trinajstić information content (AvgIpc) is 3.07. The van der Waals surface area contributed by atoms with Gasteiger partial charge in [-0.1, -0.05) is 19.1 Å². The minimum atomic E-state index is 0. The van der Waals surface area contributed by atoms with E-state index in [1.165, 1.54) is 6.42 Å². The summed E-state index contributed by atoms with van der Waals surface area (Å²) >= 11 is 0. The summed E-state index contributed by atoms with van der Waals surface area (Å²) in [6.07, 6.45) is 1.23. The first kappa shape index (κ1) is 17.1. The van der Waals surface area contributed by atoms with Gasteiger partial charge < -0.3 is 15.2 Å². The van der Waals surface area contributed by atoms with Crippen LogP contribution in [0.2, 0.25) is 0 Å². The van der Waals surface area contributed by atoms with E-state index in [2.05, 4.69) is 45.1 Å². The topological polar surface area (TPSA) is 54.2 Å². The van der Waals surface area contributed by atoms with E-state index in [-0.39, 0.29) is 24.0 Å². The number of imidazole rings is 1. The fourth-order valence-corrected chi connectivity index (χ4v) is 2.51. The lowest BCUT2D eigenvalue weighted by atomic mass is 10.3. The molecule has 0 spiro atoms. The fraction of sp³-hybridized carbons (Fsp3) is 0.500. The van der Waals surface area contributed by atoms with Gasteiger partial charge in [-0.2, -0.15) is 0 Å². The van der Waals surface area contributed by atoms with Gasteiger partial charge in [0.2, 0.25) is 0 Å². The molecule has 0 bridgehead atoms. The molecule has 1 aliphatic rings. The number of fused-ring (bicyclic) bond motifs is 1. The molecule has 1 fully saturated rings. The van der Waals surface area contributed by atoms with E-state index in [1.807, 2.05) is 25.2 Å². The highest BCUT2D eigenvalue weighted by Gasteiger charge is 2.33. The van der Waals surface area contributed by atoms with Crippen molar-refractivity contribution in [3.8, 4) is 0 Å². The van der Waals surface area contributed by atoms with Crippen LogP contribution in [0.1, 0.15) is 26.1 Å². The Morgan fingerprint density at radius 3 is 2.77 bits per heavy atom. The Balaban J connectivity index is 0.00000176. The molecule has 1 aliphatic carbocycles. The molecule has 0 saturated heterocycles. The van der Waals surface area contributed by atoms with Gasteiger partial charge >= 0.3 is 0 Å². The highest BCUT2D eigenvalue weighted by Crippen LogP contribution is 2.28. The number of aromatic nitrogens is 2. The van der Waals surface area contributed by atoms with E-state index in [1.54, 1.807) is 0 Å². The van der Waals surface area contributed by atoms with Crippen LogP contribution in [0, 0.1) is 5.92 Å². The Morgan fingerprint density at radius 2 is 2.14 bits per heavy atom. The lowest BCUT2D eigenvalue weighted by Crippen LogP contribution is -2.39. The second-order valence-electron chi connectivity index (χ2n) is 5.73. The maximum Gasteiger partial charge on any atom is 0.191 e. The maximum atomic E-state index is 4.67. The van der Waals surface area contributed by atoms with E-state index in [0.717, 1.165) is 35.3 Å². The quantitative estimate of drug-likeness (QED) is 0.461. The minimum absolute atomic E-state index is 0. The number of para-hydroxylation sites is 2. The third kappa shape index (κ3) is 3.71. The zero-order valence-corrected chi connectivity index (χ0v) is 15.7. The molecule has 5 nitrogen and oxygen atoms in total. The monoisotopic (exact) mass is 413 g/mol. The second kappa shape index (κ2) is 7.30. The molecule has 2 unspecified atom stereocenters. The molecule has 6 heteroatoms. The third-order valence-corrected chi connectivity index (χ3v) is 4.03. The van der Waals surface area contributed by atoms with Gasteiger partial charge in [-0.15, -0.1) is 24.0 Å². The van der Waals surface area contributed by atoms with E-state index in [9.17, 15) is 0 Å². The largest absolute Gasteiger partial charge is 0.357 e. The molecule has 2 N–H and O–H groups in total. The summed E-state index contributed by atoms with van der Waals surface area (Å²) < 4.78 is 2.11. The van der Waals surface area contributed by atoms with Gasteiger partial charge in [0.1, 0.15) is 12.4 Å². The first-order valence-corrected chi connectivity index (χ1v) is 7.64. The molecule has 0 aliphatic heterocycles. The van der Waals surface area contributed by atoms with Crippen molar-refractivity contribution < 1.29 is 0 Å². The van der Waals surface area contributed by atoms with Gasteiger partial charge in [-0.05, 0) is 31.4 Å². The van der Waals surface area contributed by atoms with Crippen molar-refractivity contribution in [2.45, 2.75) is 32.9 Å². The Kier molecular flexibility index (Phi) is 5.66. The zero-order chi connectivity index (χ0) is 14.8. The summed E-state index contributed by atoms with van der Waals surface area (Å²) in [5.74, 6) is 2.63. The van der Waals surface area contributed by atoms with E-state index in [0.29, 0.717) is 12.6 Å². The SMILES string of the molecule is CCNC(=NCc1nc2ccccc2n1C)NC1CC1C.I. The molecule has 1 heterocycles. The number of hydrogen-bond donors (Lipinski definition) is 2. The standard InChI is InChI=1S/C16H23N5.HI/c1-4-17-16(20-13-9-11(13)2)18-10-15-19-12-7-5-6-8-14(12)21(15)3;/h5-8,11,13H,4,9-10H2,1-3H3,(H2,17,18,20);1H. The Morgan fingerprint density at radius 1 is 1.41 bits per heavy atom. The molecule has 2 atom stereocenters. The number of nitrogens with zero attached hydrogens (tertiary/aromatic N) is 3. The molecular weight excluding hydrogens is 389 g/mol. The molecule has 22 heavy (non-hydrogen) atoms. The molecule has 0 amide bonds. The van der Waals surface area contributed by atoms with Crippen LogP contribution in [0.5, 0.6) is 0 Å². The summed E-state index contributed by atoms with van der Waals surface area (Å²) in [4.78, 5) is 9.32. The minimum Gasteiger partial charge on any atom is -0.357 e. The van der Waals surface area contributed by atoms with Crippen molar-refractivity contribution in [3.63, 3.8) is 0 Å². The highest BCUT2D eigenvalue weighted by molar-refractivity contribution is 14.0. The number of aryl methyl sites for hydroxylation is 1. The number of aliphatic imine (C=N–C) groups is 1. The lowest BCUT2D eigenvalue weighted by Gasteiger charge is -2.10. The van der Waals surface area contributed by atoms with Crippen LogP contribution in [0.25, 0.3) is 11.0 Å². The van der Waals surface area contributed by atoms with Gasteiger partial charge in [0.25, 0.3) is 0 Å². The zero-order valence-electron chi connectivity index (χ0n) is 13.3. The van der Waals surface area contributed by atoms with Gasteiger partial charge in [-0.25, -0.2) is 9.98 Å². The van der Waals surface area contributed by atoms with Crippen molar-refractivity contribution >= 4 is 41.0 Å². The van der Waals surface area contributed by atoms with Crippen molar-refractivity contribution in [1.82, 2.24) is 20.2 Å². The van der Waals surface area contributed by atoms with Crippen LogP contribution in [-0.4, -0.2) is 28.1 Å². The fourth-order valence-electron chi connectivity index (χ4n) is 2.51. The lowest BCUT2D eigenvalue weighted by molar-refractivity contribution is 0.752. The van der Waals surface area contributed by atoms with Crippen LogP contribution in [0.3, 0.4) is 0 Å². The first-order chi connectivity index (χ1) is 10.2. The number of nitrogens with one attached hydrogen (secondary N) is 2. The van der Waals surface area contributed by atoms with Gasteiger partial charge in [0, 0.05) is 19.6 Å². The molecule has 1 aromatic carbocycles. The number of halogens is 1. The van der Waals surface area contributed by atoms with Crippen LogP contribution in [-0.2, 0) is 13.6 Å². The predicted molar refractivity (Wildman–Crippen MR) is 102 cm³/mol. The van der Waals surface area contributed by atoms with E-state index in [4.69, 9.17) is 0 Å². The van der Waals surface area contributed by atoms with Crippen molar-refractivity contribution in [3.05, 3.63) is 30.1 Å². The Labute approximate surface area is 148 Å². The van der Waals surface area contributed by atoms with Gasteiger partial charge in [0.05, 0.1) is 11.0 Å². The van der Waals surface area contributed by atoms with Crippen molar-refractivity contribution in [2.75, 3.05) is 6.54 Å². The summed E-state index contributed by atoms with van der Waals surface area (Å²) in [6, 6.07) is 8.76. The predicted octanol–water partition coefficient (Wildman–Crippen LogP) is 2.65. The normalized spacial score (nSPS) is 20.6. The summed E-state index contributed by atoms with van der Waals surface area (Å²) in [6.45, 7) is 5.80. The van der Waals surface area contributed by atoms with Crippen molar-refractivity contribution in [1.29, 1.82) is 0 Å². The van der Waals surface area contributed by atoms with Crippen LogP contribution in [0.15, 0.2) is 29.3 Å². The third-order valence-electron chi connectivity index (χ3n) is 4.03. The Hall–Kier alpha value is -1.31. The number of rotatable bonds is 4. The van der Waals surface area contributed by atoms with Crippen LogP contribution in [0.4, 0.5) is 0 Å². The summed E-state index contributed by atoms with van der Waals surface area (Å²) in [5.41, 5.74) is 2.18. The molecule has 0 radical (unpaired) electrons. The second-order valence-corrected chi connectivity index (χ2v) is 5.73. The average molecular weight is 413 g/mol. The van der Waals surface area contributed by atoms with Crippen molar-refractivity contribution in [2.24, 2.45) is 18.0 Å². The molecule has 3 rings (SSSR count). The molecule has 1 saturated carbocycles. The number of hydrogen-bond acceptors (Lipinski definition) is 2. The maximum absolute atomic E-state index is 4.67. The first-order valence-electron chi connectivity index (χ1n) is 7.64. The highest BCUT2D eigenvalue weighted by atomic mass is 127. The van der Waals surface area contributed by atoms with Crippen LogP contribution < -0.4 is 10.6 Å². The number of guanidine groups is 1. The van der Waals surface area contributed by atoms with E-state index < -0.39 is 0 Å². The van der Waals surface area contributed by atoms with E-state index >= 15 is 0 Å². The van der Waals surface area contributed by atoms with Gasteiger partial charge in [-0.3, -0.25) is 0 Å². The molecule has 120 valence electrons. The summed E-state index contributed by atoms with van der Waals surface area (Å²) in [7, 11) is 2.05. The van der Waals surface area contributed by atoms with Gasteiger partial charge in [0.15, 0.2) is 5.96 Å². The summed E-state index contributed by atoms with van der Waals surface area (Å²) in [5, 5.41) is 6.77. The smallest absolute Gasteiger partial charge is 0.191 e. The molecule has 2 aromatic rings. The number of benzene rings is 1. The molecular formula is C16H24IN5. The van der Waals surface area contributed by atoms with Crippen LogP contribution >= 0.6 is 24.0 Å². The molecule has 1 aromatic heterocycles.